The van der Waals surface area contributed by atoms with Crippen molar-refractivity contribution in [1.82, 2.24) is 14.2 Å². The number of fused-ring (bicyclic) bond motifs is 3. The molecule has 2 aromatic heterocycles. The highest BCUT2D eigenvalue weighted by atomic mass is 16.2. The van der Waals surface area contributed by atoms with E-state index in [-0.39, 0.29) is 12.2 Å². The Morgan fingerprint density at radius 1 is 1.38 bits per heavy atom. The van der Waals surface area contributed by atoms with Crippen molar-refractivity contribution in [1.29, 1.82) is 0 Å². The Morgan fingerprint density at radius 3 is 2.86 bits per heavy atom. The number of H-pyrrole nitrogens is 1. The van der Waals surface area contributed by atoms with Crippen molar-refractivity contribution in [2.24, 2.45) is 5.73 Å². The molecule has 0 radical (unpaired) electrons. The van der Waals surface area contributed by atoms with Crippen LogP contribution in [0.5, 0.6) is 0 Å². The fourth-order valence-corrected chi connectivity index (χ4v) is 2.49. The van der Waals surface area contributed by atoms with E-state index < -0.39 is 5.91 Å². The molecule has 0 fully saturated rings. The van der Waals surface area contributed by atoms with E-state index in [1.807, 2.05) is 25.1 Å². The maximum atomic E-state index is 12.5. The molecule has 108 valence electrons. The summed E-state index contributed by atoms with van der Waals surface area (Å²) >= 11 is 0. The number of aromatic amines is 1. The van der Waals surface area contributed by atoms with Gasteiger partial charge in [0.15, 0.2) is 0 Å². The molecule has 0 saturated heterocycles. The average molecular weight is 286 g/mol. The number of para-hydroxylation sites is 1. The molecule has 1 aromatic carbocycles. The normalized spacial score (nSPS) is 11.3. The molecular weight excluding hydrogens is 270 g/mol. The van der Waals surface area contributed by atoms with E-state index >= 15 is 0 Å². The lowest BCUT2D eigenvalue weighted by Crippen LogP contribution is -2.33. The van der Waals surface area contributed by atoms with Gasteiger partial charge in [-0.1, -0.05) is 19.1 Å². The van der Waals surface area contributed by atoms with Gasteiger partial charge in [0.2, 0.25) is 5.91 Å². The highest BCUT2D eigenvalue weighted by Crippen LogP contribution is 2.15. The molecule has 0 aliphatic carbocycles. The van der Waals surface area contributed by atoms with E-state index in [9.17, 15) is 9.59 Å². The second kappa shape index (κ2) is 5.01. The van der Waals surface area contributed by atoms with Crippen molar-refractivity contribution in [2.45, 2.75) is 26.3 Å². The van der Waals surface area contributed by atoms with E-state index in [1.165, 1.54) is 9.08 Å². The van der Waals surface area contributed by atoms with Crippen LogP contribution in [-0.4, -0.2) is 20.1 Å². The van der Waals surface area contributed by atoms with E-state index in [0.29, 0.717) is 11.2 Å². The zero-order valence-electron chi connectivity index (χ0n) is 11.7. The number of rotatable bonds is 4. The number of aryl methyl sites for hydroxylation is 1. The Morgan fingerprint density at radius 2 is 2.14 bits per heavy atom. The van der Waals surface area contributed by atoms with Crippen LogP contribution >= 0.6 is 0 Å². The van der Waals surface area contributed by atoms with E-state index in [4.69, 9.17) is 5.73 Å². The Balaban J connectivity index is 2.41. The summed E-state index contributed by atoms with van der Waals surface area (Å²) in [6, 6.07) is 7.37. The molecule has 3 N–H and O–H groups in total. The number of nitrogens with two attached hydrogens (primary N) is 1. The van der Waals surface area contributed by atoms with E-state index in [2.05, 4.69) is 10.1 Å². The number of aromatic nitrogens is 4. The summed E-state index contributed by atoms with van der Waals surface area (Å²) in [5, 5.41) is 5.12. The maximum absolute atomic E-state index is 12.5. The fraction of sp³-hybridized carbons (Fsp3) is 0.286. The smallest absolute Gasteiger partial charge is 0.368 e. The van der Waals surface area contributed by atoms with Crippen LogP contribution in [0.3, 0.4) is 0 Å². The minimum Gasteiger partial charge on any atom is -0.368 e. The quantitative estimate of drug-likeness (QED) is 0.725. The number of hydrogen-bond acceptors (Lipinski definition) is 3. The number of carbonyl (C=O) groups excluding carboxylic acids is 1. The van der Waals surface area contributed by atoms with Gasteiger partial charge in [-0.25, -0.2) is 9.78 Å². The third kappa shape index (κ3) is 2.16. The molecule has 0 aliphatic heterocycles. The van der Waals surface area contributed by atoms with Crippen LogP contribution in [-0.2, 0) is 17.8 Å². The Hall–Kier alpha value is -2.70. The molecule has 1 amide bonds. The van der Waals surface area contributed by atoms with Gasteiger partial charge < -0.3 is 5.73 Å². The van der Waals surface area contributed by atoms with Gasteiger partial charge in [-0.05, 0) is 23.1 Å². The van der Waals surface area contributed by atoms with Crippen LogP contribution in [0, 0.1) is 0 Å². The first-order valence-corrected chi connectivity index (χ1v) is 6.82. The van der Waals surface area contributed by atoms with E-state index in [0.717, 1.165) is 24.1 Å². The van der Waals surface area contributed by atoms with Gasteiger partial charge >= 0.3 is 5.69 Å². The summed E-state index contributed by atoms with van der Waals surface area (Å²) in [6.45, 7) is 1.87. The van der Waals surface area contributed by atoms with Crippen molar-refractivity contribution in [3.05, 3.63) is 40.6 Å². The van der Waals surface area contributed by atoms with Gasteiger partial charge in [0, 0.05) is 6.42 Å². The maximum Gasteiger partial charge on any atom is 0.424 e. The van der Waals surface area contributed by atoms with Crippen LogP contribution in [0.4, 0.5) is 0 Å². The Labute approximate surface area is 120 Å². The Kier molecular flexibility index (Phi) is 3.17. The van der Waals surface area contributed by atoms with Crippen LogP contribution in [0.2, 0.25) is 0 Å². The second-order valence-corrected chi connectivity index (χ2v) is 4.93. The number of nitrogens with zero attached hydrogens (tertiary/aromatic N) is 3. The van der Waals surface area contributed by atoms with Crippen molar-refractivity contribution < 1.29 is 9.78 Å². The zero-order valence-corrected chi connectivity index (χ0v) is 11.7. The number of benzene rings is 1. The molecule has 0 atom stereocenters. The number of amides is 1. The molecule has 21 heavy (non-hydrogen) atoms. The molecule has 0 aliphatic rings. The molecule has 3 rings (SSSR count). The first kappa shape index (κ1) is 13.3. The average Bonchev–Trinajstić information content (AvgIpc) is 2.88. The van der Waals surface area contributed by atoms with Crippen LogP contribution < -0.4 is 16.4 Å². The van der Waals surface area contributed by atoms with Crippen LogP contribution in [0.25, 0.3) is 16.6 Å². The SMILES string of the molecule is CCCc1nn2c(=O)n(CC(N)=O)c3ccccc3c2[nH+]1. The molecule has 2 heterocycles. The summed E-state index contributed by atoms with van der Waals surface area (Å²) in [6.07, 6.45) is 1.68. The minimum absolute atomic E-state index is 0.168. The Bertz CT molecular complexity index is 893. The largest absolute Gasteiger partial charge is 0.424 e. The topological polar surface area (TPSA) is 96.5 Å². The first-order valence-electron chi connectivity index (χ1n) is 6.82. The summed E-state index contributed by atoms with van der Waals surface area (Å²) in [5.41, 5.74) is 6.17. The van der Waals surface area contributed by atoms with Gasteiger partial charge in [0.05, 0.1) is 16.0 Å². The lowest BCUT2D eigenvalue weighted by atomic mass is 10.2. The highest BCUT2D eigenvalue weighted by molar-refractivity contribution is 5.90. The lowest BCUT2D eigenvalue weighted by Gasteiger charge is -2.05. The van der Waals surface area contributed by atoms with Gasteiger partial charge in [0.25, 0.3) is 11.5 Å². The summed E-state index contributed by atoms with van der Waals surface area (Å²) in [7, 11) is 0. The number of nitrogens with one attached hydrogen (secondary N) is 1. The first-order chi connectivity index (χ1) is 10.1. The predicted molar refractivity (Wildman–Crippen MR) is 76.7 cm³/mol. The lowest BCUT2D eigenvalue weighted by molar-refractivity contribution is -0.358. The van der Waals surface area contributed by atoms with Crippen molar-refractivity contribution in [3.8, 4) is 0 Å². The molecule has 0 bridgehead atoms. The molecule has 0 saturated carbocycles. The third-order valence-electron chi connectivity index (χ3n) is 3.36. The zero-order chi connectivity index (χ0) is 15.0. The van der Waals surface area contributed by atoms with Gasteiger partial charge in [-0.3, -0.25) is 9.36 Å². The van der Waals surface area contributed by atoms with Crippen LogP contribution in [0.15, 0.2) is 29.1 Å². The summed E-state index contributed by atoms with van der Waals surface area (Å²) in [5.74, 6) is 0.183. The predicted octanol–water partition coefficient (Wildman–Crippen LogP) is -0.0989. The van der Waals surface area contributed by atoms with Gasteiger partial charge in [0.1, 0.15) is 6.54 Å². The second-order valence-electron chi connectivity index (χ2n) is 4.93. The number of carbonyl (C=O) groups is 1. The summed E-state index contributed by atoms with van der Waals surface area (Å²) in [4.78, 5) is 26.9. The van der Waals surface area contributed by atoms with Gasteiger partial charge in [-0.15, -0.1) is 0 Å². The molecule has 0 unspecified atom stereocenters. The van der Waals surface area contributed by atoms with E-state index in [1.54, 1.807) is 6.07 Å². The van der Waals surface area contributed by atoms with Crippen molar-refractivity contribution >= 4 is 22.5 Å². The third-order valence-corrected chi connectivity index (χ3v) is 3.36. The number of primary amides is 1. The van der Waals surface area contributed by atoms with Gasteiger partial charge in [-0.2, -0.15) is 0 Å². The van der Waals surface area contributed by atoms with Crippen molar-refractivity contribution in [3.63, 3.8) is 0 Å². The standard InChI is InChI=1S/C14H15N5O2/c1-2-5-12-16-13-9-6-3-4-7-10(9)18(8-11(15)20)14(21)19(13)17-12/h3-4,6-7H,2,5,8H2,1H3,(H2,15,20)/p+1. The van der Waals surface area contributed by atoms with Crippen molar-refractivity contribution in [2.75, 3.05) is 0 Å². The molecule has 0 spiro atoms. The molecule has 7 heteroatoms. The minimum atomic E-state index is -0.563. The monoisotopic (exact) mass is 286 g/mol. The highest BCUT2D eigenvalue weighted by Gasteiger charge is 2.21. The molecular formula is C14H16N5O2+. The summed E-state index contributed by atoms with van der Waals surface area (Å²) < 4.78 is 2.65. The van der Waals surface area contributed by atoms with Crippen LogP contribution in [0.1, 0.15) is 19.2 Å². The molecule has 3 aromatic rings. The number of hydrogen-bond donors (Lipinski definition) is 1. The fourth-order valence-electron chi connectivity index (χ4n) is 2.49. The molecule has 7 nitrogen and oxygen atoms in total.